The summed E-state index contributed by atoms with van der Waals surface area (Å²) in [4.78, 5) is 4.31. The van der Waals surface area contributed by atoms with Crippen LogP contribution in [0.4, 0.5) is 5.69 Å². The van der Waals surface area contributed by atoms with Gasteiger partial charge in [0, 0.05) is 6.07 Å². The average molecular weight is 272 g/mol. The monoisotopic (exact) mass is 272 g/mol. The highest BCUT2D eigenvalue weighted by molar-refractivity contribution is 5.50. The Balaban J connectivity index is 2.23. The molecule has 0 saturated carbocycles. The molecule has 0 radical (unpaired) electrons. The van der Waals surface area contributed by atoms with Gasteiger partial charge in [-0.3, -0.25) is 0 Å². The first-order valence-electron chi connectivity index (χ1n) is 6.75. The molecule has 1 aromatic carbocycles. The zero-order valence-electron chi connectivity index (χ0n) is 12.1. The molecule has 106 valence electrons. The van der Waals surface area contributed by atoms with Crippen molar-refractivity contribution in [3.05, 3.63) is 41.5 Å². The third-order valence-electron chi connectivity index (χ3n) is 3.08. The van der Waals surface area contributed by atoms with Crippen molar-refractivity contribution >= 4 is 5.69 Å². The van der Waals surface area contributed by atoms with Crippen molar-refractivity contribution in [1.29, 1.82) is 0 Å². The van der Waals surface area contributed by atoms with E-state index in [1.165, 1.54) is 5.56 Å². The number of hydrogen-bond acceptors (Lipinski definition) is 4. The number of aromatic nitrogens is 1. The molecule has 1 heterocycles. The number of anilines is 1. The molecule has 0 amide bonds. The van der Waals surface area contributed by atoms with Gasteiger partial charge in [-0.25, -0.2) is 0 Å². The maximum Gasteiger partial charge on any atom is 0.240 e. The molecule has 0 aliphatic heterocycles. The summed E-state index contributed by atoms with van der Waals surface area (Å²) in [6.45, 7) is 6.70. The third kappa shape index (κ3) is 3.20. The van der Waals surface area contributed by atoms with Gasteiger partial charge in [-0.1, -0.05) is 19.1 Å². The number of hydrogen-bond donors (Lipinski definition) is 1. The Hall–Kier alpha value is -2.23. The largest absolute Gasteiger partial charge is 0.476 e. The molecule has 4 nitrogen and oxygen atoms in total. The minimum Gasteiger partial charge on any atom is -0.476 e. The van der Waals surface area contributed by atoms with Gasteiger partial charge in [0.15, 0.2) is 0 Å². The Kier molecular flexibility index (Phi) is 4.45. The van der Waals surface area contributed by atoms with E-state index in [-0.39, 0.29) is 0 Å². The van der Waals surface area contributed by atoms with E-state index in [0.29, 0.717) is 24.1 Å². The van der Waals surface area contributed by atoms with E-state index >= 15 is 0 Å². The zero-order chi connectivity index (χ0) is 14.5. The number of nitrogens with two attached hydrogens (primary N) is 1. The lowest BCUT2D eigenvalue weighted by molar-refractivity contribution is 0.302. The number of nitrogen functional groups attached to an aromatic ring is 1. The van der Waals surface area contributed by atoms with E-state index in [1.807, 2.05) is 39.0 Å². The van der Waals surface area contributed by atoms with Crippen LogP contribution in [0.2, 0.25) is 0 Å². The number of rotatable bonds is 5. The van der Waals surface area contributed by atoms with Gasteiger partial charge in [0.25, 0.3) is 0 Å². The highest BCUT2D eigenvalue weighted by atomic mass is 16.5. The minimum atomic E-state index is 0.426. The van der Waals surface area contributed by atoms with Crippen LogP contribution in [0.5, 0.6) is 17.5 Å². The van der Waals surface area contributed by atoms with Crippen molar-refractivity contribution in [1.82, 2.24) is 4.98 Å². The van der Waals surface area contributed by atoms with Crippen molar-refractivity contribution in [2.75, 3.05) is 12.3 Å². The first kappa shape index (κ1) is 14.2. The zero-order valence-corrected chi connectivity index (χ0v) is 12.1. The molecule has 0 saturated heterocycles. The fourth-order valence-electron chi connectivity index (χ4n) is 1.75. The van der Waals surface area contributed by atoms with E-state index in [0.717, 1.165) is 17.7 Å². The van der Waals surface area contributed by atoms with Crippen LogP contribution >= 0.6 is 0 Å². The number of ether oxygens (including phenoxy) is 2. The smallest absolute Gasteiger partial charge is 0.240 e. The van der Waals surface area contributed by atoms with E-state index in [9.17, 15) is 0 Å². The van der Waals surface area contributed by atoms with Gasteiger partial charge >= 0.3 is 0 Å². The number of nitrogens with zero attached hydrogens (tertiary/aromatic N) is 1. The van der Waals surface area contributed by atoms with Crippen LogP contribution in [0.1, 0.15) is 24.5 Å². The summed E-state index contributed by atoms with van der Waals surface area (Å²) in [5.41, 5.74) is 8.63. The van der Waals surface area contributed by atoms with Gasteiger partial charge < -0.3 is 15.2 Å². The summed E-state index contributed by atoms with van der Waals surface area (Å²) < 4.78 is 11.3. The number of benzene rings is 1. The van der Waals surface area contributed by atoms with Gasteiger partial charge in [-0.2, -0.15) is 4.98 Å². The number of aryl methyl sites for hydroxylation is 1. The molecule has 0 aliphatic rings. The Morgan fingerprint density at radius 2 is 1.95 bits per heavy atom. The van der Waals surface area contributed by atoms with Crippen LogP contribution in [-0.4, -0.2) is 11.6 Å². The standard InChI is InChI=1S/C16H20N2O2/c1-4-10-19-16-13(17)8-9-15(18-16)20-14-7-5-6-11(2)12(14)3/h5-9H,4,10,17H2,1-3H3. The van der Waals surface area contributed by atoms with Gasteiger partial charge in [0.05, 0.1) is 12.3 Å². The van der Waals surface area contributed by atoms with Crippen LogP contribution in [0, 0.1) is 13.8 Å². The SMILES string of the molecule is CCCOc1nc(Oc2cccc(C)c2C)ccc1N. The fraction of sp³-hybridized carbons (Fsp3) is 0.312. The molecule has 1 aromatic heterocycles. The van der Waals surface area contributed by atoms with Gasteiger partial charge in [-0.15, -0.1) is 0 Å². The van der Waals surface area contributed by atoms with E-state index in [2.05, 4.69) is 4.98 Å². The quantitative estimate of drug-likeness (QED) is 0.897. The lowest BCUT2D eigenvalue weighted by Gasteiger charge is -2.12. The van der Waals surface area contributed by atoms with Crippen molar-refractivity contribution < 1.29 is 9.47 Å². The Morgan fingerprint density at radius 1 is 1.15 bits per heavy atom. The van der Waals surface area contributed by atoms with Crippen molar-refractivity contribution in [2.45, 2.75) is 27.2 Å². The van der Waals surface area contributed by atoms with Crippen LogP contribution < -0.4 is 15.2 Å². The second kappa shape index (κ2) is 6.28. The normalized spacial score (nSPS) is 10.3. The average Bonchev–Trinajstić information content (AvgIpc) is 2.44. The molecular weight excluding hydrogens is 252 g/mol. The molecule has 4 heteroatoms. The molecule has 0 fully saturated rings. The molecule has 0 bridgehead atoms. The highest BCUT2D eigenvalue weighted by Gasteiger charge is 2.08. The predicted molar refractivity (Wildman–Crippen MR) is 80.4 cm³/mol. The maximum atomic E-state index is 5.83. The topological polar surface area (TPSA) is 57.4 Å². The molecule has 2 rings (SSSR count). The van der Waals surface area contributed by atoms with E-state index in [4.69, 9.17) is 15.2 Å². The molecule has 0 atom stereocenters. The van der Waals surface area contributed by atoms with E-state index in [1.54, 1.807) is 12.1 Å². The van der Waals surface area contributed by atoms with Crippen LogP contribution in [-0.2, 0) is 0 Å². The third-order valence-corrected chi connectivity index (χ3v) is 3.08. The van der Waals surface area contributed by atoms with Gasteiger partial charge in [0.1, 0.15) is 5.75 Å². The van der Waals surface area contributed by atoms with E-state index < -0.39 is 0 Å². The first-order valence-corrected chi connectivity index (χ1v) is 6.75. The predicted octanol–water partition coefficient (Wildman–Crippen LogP) is 3.86. The lowest BCUT2D eigenvalue weighted by Crippen LogP contribution is -2.02. The Labute approximate surface area is 119 Å². The van der Waals surface area contributed by atoms with Crippen LogP contribution in [0.25, 0.3) is 0 Å². The highest BCUT2D eigenvalue weighted by Crippen LogP contribution is 2.28. The summed E-state index contributed by atoms with van der Waals surface area (Å²) in [6.07, 6.45) is 0.906. The second-order valence-corrected chi connectivity index (χ2v) is 4.69. The minimum absolute atomic E-state index is 0.426. The summed E-state index contributed by atoms with van der Waals surface area (Å²) in [6, 6.07) is 9.43. The summed E-state index contributed by atoms with van der Waals surface area (Å²) in [5.74, 6) is 1.71. The van der Waals surface area contributed by atoms with Crippen molar-refractivity contribution in [3.8, 4) is 17.5 Å². The molecule has 0 spiro atoms. The lowest BCUT2D eigenvalue weighted by atomic mass is 10.1. The molecular formula is C16H20N2O2. The molecule has 2 N–H and O–H groups in total. The Morgan fingerprint density at radius 3 is 2.70 bits per heavy atom. The molecule has 2 aromatic rings. The maximum absolute atomic E-state index is 5.83. The second-order valence-electron chi connectivity index (χ2n) is 4.69. The Bertz CT molecular complexity index is 597. The van der Waals surface area contributed by atoms with Crippen molar-refractivity contribution in [3.63, 3.8) is 0 Å². The summed E-state index contributed by atoms with van der Waals surface area (Å²) >= 11 is 0. The van der Waals surface area contributed by atoms with Crippen LogP contribution in [0.15, 0.2) is 30.3 Å². The molecule has 0 aliphatic carbocycles. The summed E-state index contributed by atoms with van der Waals surface area (Å²) in [7, 11) is 0. The van der Waals surface area contributed by atoms with Crippen LogP contribution in [0.3, 0.4) is 0 Å². The van der Waals surface area contributed by atoms with Gasteiger partial charge in [0.2, 0.25) is 11.8 Å². The fourth-order valence-corrected chi connectivity index (χ4v) is 1.75. The summed E-state index contributed by atoms with van der Waals surface area (Å²) in [5, 5.41) is 0. The first-order chi connectivity index (χ1) is 9.61. The van der Waals surface area contributed by atoms with Gasteiger partial charge in [-0.05, 0) is 43.5 Å². The molecule has 0 unspecified atom stereocenters. The molecule has 20 heavy (non-hydrogen) atoms. The number of pyridine rings is 1. The van der Waals surface area contributed by atoms with Crippen molar-refractivity contribution in [2.24, 2.45) is 0 Å².